The van der Waals surface area contributed by atoms with E-state index in [1.807, 2.05) is 20.8 Å². The number of carboxylic acid groups (broad SMARTS) is 1. The lowest BCUT2D eigenvalue weighted by molar-refractivity contribution is -0.142. The molecule has 1 aliphatic heterocycles. The van der Waals surface area contributed by atoms with Crippen molar-refractivity contribution in [1.29, 1.82) is 0 Å². The summed E-state index contributed by atoms with van der Waals surface area (Å²) >= 11 is 0. The second-order valence-electron chi connectivity index (χ2n) is 6.25. The minimum absolute atomic E-state index is 0.0635. The SMILES string of the molecule is CC(C)(C)CCNS(=O)(=O)N1CCCC(C(=O)O)C1. The van der Waals surface area contributed by atoms with E-state index in [1.54, 1.807) is 0 Å². The zero-order chi connectivity index (χ0) is 14.7. The van der Waals surface area contributed by atoms with E-state index in [-0.39, 0.29) is 12.0 Å². The third-order valence-electron chi connectivity index (χ3n) is 3.23. The normalized spacial score (nSPS) is 22.4. The Morgan fingerprint density at radius 3 is 2.58 bits per heavy atom. The molecule has 7 heteroatoms. The fourth-order valence-corrected chi connectivity index (χ4v) is 3.30. The second kappa shape index (κ2) is 6.19. The number of aliphatic carboxylic acids is 1. The van der Waals surface area contributed by atoms with Gasteiger partial charge in [-0.05, 0) is 24.7 Å². The summed E-state index contributed by atoms with van der Waals surface area (Å²) < 4.78 is 27.9. The molecule has 0 radical (unpaired) electrons. The van der Waals surface area contributed by atoms with Gasteiger partial charge in [0.1, 0.15) is 0 Å². The first-order valence-corrected chi connectivity index (χ1v) is 8.03. The highest BCUT2D eigenvalue weighted by Crippen LogP contribution is 2.20. The molecule has 1 aliphatic rings. The minimum atomic E-state index is -3.55. The third-order valence-corrected chi connectivity index (χ3v) is 4.81. The van der Waals surface area contributed by atoms with E-state index >= 15 is 0 Å². The summed E-state index contributed by atoms with van der Waals surface area (Å²) in [6.45, 7) is 6.98. The van der Waals surface area contributed by atoms with Crippen LogP contribution in [0.1, 0.15) is 40.0 Å². The number of piperidine rings is 1. The van der Waals surface area contributed by atoms with Gasteiger partial charge in [-0.25, -0.2) is 4.72 Å². The molecule has 2 N–H and O–H groups in total. The molecule has 1 saturated heterocycles. The van der Waals surface area contributed by atoms with Crippen molar-refractivity contribution >= 4 is 16.2 Å². The molecule has 0 aromatic heterocycles. The monoisotopic (exact) mass is 292 g/mol. The van der Waals surface area contributed by atoms with Crippen LogP contribution in [0.25, 0.3) is 0 Å². The first-order chi connectivity index (χ1) is 8.62. The molecule has 112 valence electrons. The van der Waals surface area contributed by atoms with E-state index in [9.17, 15) is 13.2 Å². The van der Waals surface area contributed by atoms with Crippen LogP contribution in [-0.4, -0.2) is 43.4 Å². The zero-order valence-electron chi connectivity index (χ0n) is 11.8. The molecular formula is C12H24N2O4S. The summed E-state index contributed by atoms with van der Waals surface area (Å²) in [5.74, 6) is -1.51. The smallest absolute Gasteiger partial charge is 0.307 e. The molecule has 1 rings (SSSR count). The molecule has 0 bridgehead atoms. The topological polar surface area (TPSA) is 86.7 Å². The van der Waals surface area contributed by atoms with Crippen LogP contribution in [0.2, 0.25) is 0 Å². The van der Waals surface area contributed by atoms with Gasteiger partial charge < -0.3 is 5.11 Å². The molecule has 1 fully saturated rings. The number of hydrogen-bond acceptors (Lipinski definition) is 3. The number of carboxylic acids is 1. The number of carbonyl (C=O) groups is 1. The van der Waals surface area contributed by atoms with Crippen LogP contribution in [0.15, 0.2) is 0 Å². The first kappa shape index (κ1) is 16.4. The standard InChI is InChI=1S/C12H24N2O4S/c1-12(2,3)6-7-13-19(17,18)14-8-4-5-10(9-14)11(15)16/h10,13H,4-9H2,1-3H3,(H,15,16). The molecule has 0 spiro atoms. The first-order valence-electron chi connectivity index (χ1n) is 6.59. The van der Waals surface area contributed by atoms with Crippen molar-refractivity contribution in [1.82, 2.24) is 9.03 Å². The Kier molecular flexibility index (Phi) is 5.34. The van der Waals surface area contributed by atoms with E-state index in [4.69, 9.17) is 5.11 Å². The quantitative estimate of drug-likeness (QED) is 0.793. The molecule has 19 heavy (non-hydrogen) atoms. The van der Waals surface area contributed by atoms with Gasteiger partial charge in [-0.3, -0.25) is 4.79 Å². The average Bonchev–Trinajstić information content (AvgIpc) is 2.27. The van der Waals surface area contributed by atoms with Gasteiger partial charge in [0.25, 0.3) is 10.2 Å². The fourth-order valence-electron chi connectivity index (χ4n) is 2.01. The van der Waals surface area contributed by atoms with Crippen molar-refractivity contribution in [2.24, 2.45) is 11.3 Å². The molecular weight excluding hydrogens is 268 g/mol. The fraction of sp³-hybridized carbons (Fsp3) is 0.917. The van der Waals surface area contributed by atoms with Gasteiger partial charge in [0.05, 0.1) is 5.92 Å². The van der Waals surface area contributed by atoms with Crippen LogP contribution in [-0.2, 0) is 15.0 Å². The van der Waals surface area contributed by atoms with Crippen LogP contribution in [0, 0.1) is 11.3 Å². The van der Waals surface area contributed by atoms with Gasteiger partial charge in [0, 0.05) is 19.6 Å². The van der Waals surface area contributed by atoms with E-state index in [0.29, 0.717) is 25.9 Å². The minimum Gasteiger partial charge on any atom is -0.481 e. The van der Waals surface area contributed by atoms with Crippen molar-refractivity contribution in [3.8, 4) is 0 Å². The summed E-state index contributed by atoms with van der Waals surface area (Å²) in [6.07, 6.45) is 1.88. The highest BCUT2D eigenvalue weighted by Gasteiger charge is 2.32. The predicted octanol–water partition coefficient (Wildman–Crippen LogP) is 1.05. The van der Waals surface area contributed by atoms with Crippen molar-refractivity contribution in [2.75, 3.05) is 19.6 Å². The maximum Gasteiger partial charge on any atom is 0.307 e. The molecule has 0 saturated carbocycles. The summed E-state index contributed by atoms with van der Waals surface area (Å²) in [5.41, 5.74) is 0.0635. The Hall–Kier alpha value is -0.660. The Balaban J connectivity index is 2.55. The Morgan fingerprint density at radius 1 is 1.42 bits per heavy atom. The maximum atomic E-state index is 12.1. The Morgan fingerprint density at radius 2 is 2.05 bits per heavy atom. The summed E-state index contributed by atoms with van der Waals surface area (Å²) in [6, 6.07) is 0. The van der Waals surface area contributed by atoms with Crippen molar-refractivity contribution < 1.29 is 18.3 Å². The molecule has 0 aromatic carbocycles. The van der Waals surface area contributed by atoms with Gasteiger partial charge in [-0.2, -0.15) is 12.7 Å². The van der Waals surface area contributed by atoms with E-state index < -0.39 is 22.1 Å². The molecule has 1 atom stereocenters. The summed E-state index contributed by atoms with van der Waals surface area (Å²) in [5, 5.41) is 8.96. The van der Waals surface area contributed by atoms with Crippen molar-refractivity contribution in [3.63, 3.8) is 0 Å². The van der Waals surface area contributed by atoms with Crippen LogP contribution in [0.4, 0.5) is 0 Å². The van der Waals surface area contributed by atoms with E-state index in [1.165, 1.54) is 4.31 Å². The molecule has 0 amide bonds. The van der Waals surface area contributed by atoms with Crippen LogP contribution < -0.4 is 4.72 Å². The van der Waals surface area contributed by atoms with Gasteiger partial charge in [-0.15, -0.1) is 0 Å². The molecule has 0 aliphatic carbocycles. The van der Waals surface area contributed by atoms with Crippen molar-refractivity contribution in [2.45, 2.75) is 40.0 Å². The second-order valence-corrected chi connectivity index (χ2v) is 8.00. The summed E-state index contributed by atoms with van der Waals surface area (Å²) in [4.78, 5) is 10.9. The highest BCUT2D eigenvalue weighted by molar-refractivity contribution is 7.87. The molecule has 0 aromatic rings. The lowest BCUT2D eigenvalue weighted by Gasteiger charge is -2.30. The largest absolute Gasteiger partial charge is 0.481 e. The van der Waals surface area contributed by atoms with Crippen LogP contribution in [0.3, 0.4) is 0 Å². The van der Waals surface area contributed by atoms with Crippen LogP contribution in [0.5, 0.6) is 0 Å². The number of nitrogens with one attached hydrogen (secondary N) is 1. The molecule has 6 nitrogen and oxygen atoms in total. The third kappa shape index (κ3) is 5.46. The van der Waals surface area contributed by atoms with E-state index in [0.717, 1.165) is 6.42 Å². The highest BCUT2D eigenvalue weighted by atomic mass is 32.2. The lowest BCUT2D eigenvalue weighted by Crippen LogP contribution is -2.47. The van der Waals surface area contributed by atoms with Gasteiger partial charge in [0.2, 0.25) is 0 Å². The van der Waals surface area contributed by atoms with Gasteiger partial charge in [0.15, 0.2) is 0 Å². The van der Waals surface area contributed by atoms with Gasteiger partial charge in [-0.1, -0.05) is 20.8 Å². The Labute approximate surface area is 115 Å². The van der Waals surface area contributed by atoms with Crippen LogP contribution >= 0.6 is 0 Å². The van der Waals surface area contributed by atoms with Gasteiger partial charge >= 0.3 is 5.97 Å². The van der Waals surface area contributed by atoms with Crippen molar-refractivity contribution in [3.05, 3.63) is 0 Å². The van der Waals surface area contributed by atoms with E-state index in [2.05, 4.69) is 4.72 Å². The predicted molar refractivity (Wildman–Crippen MR) is 72.9 cm³/mol. The average molecular weight is 292 g/mol. The number of nitrogens with zero attached hydrogens (tertiary/aromatic N) is 1. The maximum absolute atomic E-state index is 12.1. The molecule has 1 heterocycles. The number of hydrogen-bond donors (Lipinski definition) is 2. The Bertz CT molecular complexity index is 414. The number of rotatable bonds is 5. The summed E-state index contributed by atoms with van der Waals surface area (Å²) in [7, 11) is -3.55. The zero-order valence-corrected chi connectivity index (χ0v) is 12.7. The molecule has 1 unspecified atom stereocenters. The lowest BCUT2D eigenvalue weighted by atomic mass is 9.93.